The van der Waals surface area contributed by atoms with E-state index in [9.17, 15) is 4.79 Å². The van der Waals surface area contributed by atoms with E-state index in [0.29, 0.717) is 5.82 Å². The fourth-order valence-corrected chi connectivity index (χ4v) is 3.35. The average Bonchev–Trinajstić information content (AvgIpc) is 3.14. The molecule has 0 fully saturated rings. The molecule has 2 aromatic heterocycles. The zero-order chi connectivity index (χ0) is 20.2. The molecule has 0 aliphatic rings. The van der Waals surface area contributed by atoms with Gasteiger partial charge in [-0.05, 0) is 55.7 Å². The summed E-state index contributed by atoms with van der Waals surface area (Å²) in [7, 11) is 0. The number of aromatic amines is 1. The molecule has 2 aromatic carbocycles. The van der Waals surface area contributed by atoms with Crippen molar-refractivity contribution in [2.75, 3.05) is 17.2 Å². The molecule has 0 spiro atoms. The lowest BCUT2D eigenvalue weighted by Gasteiger charge is -2.09. The molecule has 0 aliphatic heterocycles. The van der Waals surface area contributed by atoms with Crippen molar-refractivity contribution < 1.29 is 4.79 Å². The van der Waals surface area contributed by atoms with Gasteiger partial charge in [-0.2, -0.15) is 0 Å². The zero-order valence-corrected chi connectivity index (χ0v) is 16.5. The number of para-hydroxylation sites is 1. The van der Waals surface area contributed by atoms with Crippen LogP contribution in [0.1, 0.15) is 27.2 Å². The molecule has 29 heavy (non-hydrogen) atoms. The summed E-state index contributed by atoms with van der Waals surface area (Å²) in [5, 5.41) is 15.6. The molecular formula is C23H23N5O. The molecule has 0 radical (unpaired) electrons. The van der Waals surface area contributed by atoms with Gasteiger partial charge in [0.05, 0.1) is 0 Å². The molecule has 0 unspecified atom stereocenters. The highest BCUT2D eigenvalue weighted by Gasteiger charge is 2.10. The Balaban J connectivity index is 1.34. The van der Waals surface area contributed by atoms with E-state index in [0.717, 1.165) is 35.3 Å². The van der Waals surface area contributed by atoms with E-state index in [2.05, 4.69) is 37.9 Å². The summed E-state index contributed by atoms with van der Waals surface area (Å²) < 4.78 is 0. The predicted octanol–water partition coefficient (Wildman–Crippen LogP) is 4.48. The van der Waals surface area contributed by atoms with Crippen LogP contribution in [-0.2, 0) is 6.42 Å². The van der Waals surface area contributed by atoms with E-state index < -0.39 is 0 Å². The first-order valence-corrected chi connectivity index (χ1v) is 9.61. The number of rotatable bonds is 6. The van der Waals surface area contributed by atoms with Crippen LogP contribution < -0.4 is 10.6 Å². The average molecular weight is 385 g/mol. The van der Waals surface area contributed by atoms with Gasteiger partial charge in [0.15, 0.2) is 5.69 Å². The van der Waals surface area contributed by atoms with Gasteiger partial charge in [-0.1, -0.05) is 35.9 Å². The molecule has 0 atom stereocenters. The van der Waals surface area contributed by atoms with Gasteiger partial charge in [0.25, 0.3) is 5.91 Å². The number of hydrogen-bond donors (Lipinski definition) is 3. The fraction of sp³-hybridized carbons (Fsp3) is 0.174. The normalized spacial score (nSPS) is 10.8. The Hall–Kier alpha value is -3.67. The molecular weight excluding hydrogens is 362 g/mol. The van der Waals surface area contributed by atoms with Crippen molar-refractivity contribution in [1.82, 2.24) is 15.2 Å². The summed E-state index contributed by atoms with van der Waals surface area (Å²) in [6.45, 7) is 4.72. The summed E-state index contributed by atoms with van der Waals surface area (Å²) in [6, 6.07) is 17.6. The number of carbonyl (C=O) groups is 1. The Morgan fingerprint density at radius 2 is 1.90 bits per heavy atom. The Morgan fingerprint density at radius 3 is 2.69 bits per heavy atom. The van der Waals surface area contributed by atoms with Gasteiger partial charge in [-0.3, -0.25) is 4.79 Å². The van der Waals surface area contributed by atoms with Gasteiger partial charge in [0.2, 0.25) is 0 Å². The lowest BCUT2D eigenvalue weighted by atomic mass is 10.1. The van der Waals surface area contributed by atoms with Gasteiger partial charge >= 0.3 is 0 Å². The second-order valence-corrected chi connectivity index (χ2v) is 7.11. The van der Waals surface area contributed by atoms with Gasteiger partial charge in [0.1, 0.15) is 5.82 Å². The first-order valence-electron chi connectivity index (χ1n) is 9.61. The van der Waals surface area contributed by atoms with Crippen LogP contribution in [0.25, 0.3) is 10.9 Å². The minimum absolute atomic E-state index is 0.269. The second-order valence-electron chi connectivity index (χ2n) is 7.11. The third-order valence-corrected chi connectivity index (χ3v) is 4.90. The molecule has 6 heteroatoms. The van der Waals surface area contributed by atoms with E-state index in [1.54, 1.807) is 12.1 Å². The highest BCUT2D eigenvalue weighted by atomic mass is 16.1. The lowest BCUT2D eigenvalue weighted by molar-refractivity contribution is 0.102. The quantitative estimate of drug-likeness (QED) is 0.457. The molecule has 3 N–H and O–H groups in total. The summed E-state index contributed by atoms with van der Waals surface area (Å²) in [4.78, 5) is 15.7. The number of carbonyl (C=O) groups excluding carboxylic acids is 1. The molecule has 0 saturated heterocycles. The second kappa shape index (κ2) is 8.14. The molecule has 146 valence electrons. The van der Waals surface area contributed by atoms with E-state index in [-0.39, 0.29) is 11.6 Å². The molecule has 0 bridgehead atoms. The summed E-state index contributed by atoms with van der Waals surface area (Å²) in [5.41, 5.74) is 5.63. The van der Waals surface area contributed by atoms with Crippen LogP contribution >= 0.6 is 0 Å². The van der Waals surface area contributed by atoms with Crippen LogP contribution in [0.3, 0.4) is 0 Å². The fourth-order valence-electron chi connectivity index (χ4n) is 3.35. The predicted molar refractivity (Wildman–Crippen MR) is 116 cm³/mol. The Bertz CT molecular complexity index is 1150. The third-order valence-electron chi connectivity index (χ3n) is 4.90. The highest BCUT2D eigenvalue weighted by Crippen LogP contribution is 2.19. The van der Waals surface area contributed by atoms with Crippen molar-refractivity contribution in [3.63, 3.8) is 0 Å². The smallest absolute Gasteiger partial charge is 0.276 e. The Morgan fingerprint density at radius 1 is 1.03 bits per heavy atom. The van der Waals surface area contributed by atoms with Crippen molar-refractivity contribution in [3.8, 4) is 0 Å². The van der Waals surface area contributed by atoms with Crippen LogP contribution in [0.2, 0.25) is 0 Å². The number of aromatic nitrogens is 3. The number of benzene rings is 2. The molecule has 4 rings (SSSR count). The van der Waals surface area contributed by atoms with Crippen LogP contribution in [-0.4, -0.2) is 27.6 Å². The maximum atomic E-state index is 12.4. The molecule has 6 nitrogen and oxygen atoms in total. The molecule has 2 heterocycles. The van der Waals surface area contributed by atoms with Crippen molar-refractivity contribution >= 4 is 28.3 Å². The van der Waals surface area contributed by atoms with Gasteiger partial charge in [0, 0.05) is 29.3 Å². The summed E-state index contributed by atoms with van der Waals surface area (Å²) >= 11 is 0. The highest BCUT2D eigenvalue weighted by molar-refractivity contribution is 6.03. The molecule has 1 amide bonds. The molecule has 4 aromatic rings. The van der Waals surface area contributed by atoms with Crippen molar-refractivity contribution in [2.45, 2.75) is 20.3 Å². The first kappa shape index (κ1) is 18.7. The molecule has 0 aliphatic carbocycles. The maximum absolute atomic E-state index is 12.4. The zero-order valence-electron chi connectivity index (χ0n) is 16.5. The van der Waals surface area contributed by atoms with Crippen molar-refractivity contribution in [1.29, 1.82) is 0 Å². The number of anilines is 2. The lowest BCUT2D eigenvalue weighted by Crippen LogP contribution is -2.16. The van der Waals surface area contributed by atoms with Crippen molar-refractivity contribution in [3.05, 3.63) is 83.2 Å². The number of nitrogens with zero attached hydrogens (tertiary/aromatic N) is 2. The largest absolute Gasteiger partial charge is 0.368 e. The van der Waals surface area contributed by atoms with Gasteiger partial charge in [-0.15, -0.1) is 10.2 Å². The SMILES string of the molecule is Cc1ccc(NC(=O)c2ccc(NCCc3c[nH]c4ccccc34)nn2)c(C)c1. The minimum Gasteiger partial charge on any atom is -0.368 e. The first-order chi connectivity index (χ1) is 14.1. The van der Waals surface area contributed by atoms with E-state index in [1.165, 1.54) is 10.9 Å². The number of nitrogens with one attached hydrogen (secondary N) is 3. The van der Waals surface area contributed by atoms with Crippen molar-refractivity contribution in [2.24, 2.45) is 0 Å². The Labute approximate surface area is 169 Å². The molecule has 0 saturated carbocycles. The minimum atomic E-state index is -0.269. The summed E-state index contributed by atoms with van der Waals surface area (Å²) in [5.74, 6) is 0.378. The van der Waals surface area contributed by atoms with Crippen LogP contribution in [0, 0.1) is 13.8 Å². The number of fused-ring (bicyclic) bond motifs is 1. The number of amides is 1. The Kier molecular flexibility index (Phi) is 5.24. The van der Waals surface area contributed by atoms with E-state index in [1.807, 2.05) is 50.4 Å². The van der Waals surface area contributed by atoms with E-state index in [4.69, 9.17) is 0 Å². The third kappa shape index (κ3) is 4.27. The van der Waals surface area contributed by atoms with Crippen LogP contribution in [0.4, 0.5) is 11.5 Å². The standard InChI is InChI=1S/C23H23N5O/c1-15-7-8-19(16(2)13-15)26-23(29)21-9-10-22(28-27-21)24-12-11-17-14-25-20-6-4-3-5-18(17)20/h3-10,13-14,25H,11-12H2,1-2H3,(H,24,28)(H,26,29). The number of hydrogen-bond acceptors (Lipinski definition) is 4. The monoisotopic (exact) mass is 385 g/mol. The van der Waals surface area contributed by atoms with Crippen LogP contribution in [0.5, 0.6) is 0 Å². The van der Waals surface area contributed by atoms with Crippen LogP contribution in [0.15, 0.2) is 60.8 Å². The maximum Gasteiger partial charge on any atom is 0.276 e. The van der Waals surface area contributed by atoms with E-state index >= 15 is 0 Å². The summed E-state index contributed by atoms with van der Waals surface area (Å²) in [6.07, 6.45) is 2.90. The van der Waals surface area contributed by atoms with Gasteiger partial charge in [-0.25, -0.2) is 0 Å². The number of aryl methyl sites for hydroxylation is 2. The topological polar surface area (TPSA) is 82.7 Å². The van der Waals surface area contributed by atoms with Gasteiger partial charge < -0.3 is 15.6 Å². The number of H-pyrrole nitrogens is 1.